The summed E-state index contributed by atoms with van der Waals surface area (Å²) in [7, 11) is 3.16. The Hall–Kier alpha value is -3.76. The Morgan fingerprint density at radius 1 is 1.10 bits per heavy atom. The van der Waals surface area contributed by atoms with Gasteiger partial charge in [0.2, 0.25) is 12.7 Å². The number of fused-ring (bicyclic) bond motifs is 1. The van der Waals surface area contributed by atoms with Crippen LogP contribution in [0.25, 0.3) is 11.0 Å². The van der Waals surface area contributed by atoms with Crippen molar-refractivity contribution in [2.75, 3.05) is 27.1 Å². The van der Waals surface area contributed by atoms with Gasteiger partial charge < -0.3 is 18.8 Å². The summed E-state index contributed by atoms with van der Waals surface area (Å²) in [6, 6.07) is 13.3. The molecular weight excluding hydrogens is 542 g/mol. The number of imidazole rings is 1. The van der Waals surface area contributed by atoms with E-state index in [0.29, 0.717) is 34.0 Å². The van der Waals surface area contributed by atoms with Crippen LogP contribution in [-0.4, -0.2) is 52.5 Å². The number of hydrogen-bond donors (Lipinski definition) is 0. The SMILES string of the molecule is COC(=O)c1cc(OCF)c2nc(CN3CCC(c4cccc(OCc5ccc(Cl)cc5F)n4)CC3)n(C)c2c1. The minimum absolute atomic E-state index is 0.0646. The van der Waals surface area contributed by atoms with Crippen LogP contribution in [0, 0.1) is 5.82 Å². The third-order valence-electron chi connectivity index (χ3n) is 7.18. The number of rotatable bonds is 9. The molecule has 0 unspecified atom stereocenters. The predicted molar refractivity (Wildman–Crippen MR) is 146 cm³/mol. The highest BCUT2D eigenvalue weighted by atomic mass is 35.5. The largest absolute Gasteiger partial charge is 0.473 e. The number of carbonyl (C=O) groups is 1. The number of hydrogen-bond acceptors (Lipinski definition) is 7. The molecule has 0 aliphatic carbocycles. The van der Waals surface area contributed by atoms with E-state index in [1.54, 1.807) is 24.3 Å². The average molecular weight is 571 g/mol. The molecular formula is C29H29ClF2N4O4. The molecule has 0 spiro atoms. The highest BCUT2D eigenvalue weighted by Gasteiger charge is 2.24. The highest BCUT2D eigenvalue weighted by molar-refractivity contribution is 6.30. The summed E-state index contributed by atoms with van der Waals surface area (Å²) in [5, 5.41) is 0.340. The van der Waals surface area contributed by atoms with Crippen molar-refractivity contribution in [1.29, 1.82) is 0 Å². The maximum atomic E-state index is 14.1. The summed E-state index contributed by atoms with van der Waals surface area (Å²) in [6.45, 7) is 1.28. The number of aryl methyl sites for hydroxylation is 1. The number of ether oxygens (including phenoxy) is 3. The van der Waals surface area contributed by atoms with Gasteiger partial charge in [-0.2, -0.15) is 0 Å². The van der Waals surface area contributed by atoms with Crippen LogP contribution in [0.3, 0.4) is 0 Å². The van der Waals surface area contributed by atoms with Crippen LogP contribution in [0.5, 0.6) is 11.6 Å². The van der Waals surface area contributed by atoms with Crippen LogP contribution in [-0.2, 0) is 24.9 Å². The summed E-state index contributed by atoms with van der Waals surface area (Å²) in [5.74, 6) is 0.753. The fourth-order valence-corrected chi connectivity index (χ4v) is 5.12. The van der Waals surface area contributed by atoms with Crippen molar-refractivity contribution >= 4 is 28.6 Å². The van der Waals surface area contributed by atoms with Crippen molar-refractivity contribution < 1.29 is 27.8 Å². The van der Waals surface area contributed by atoms with Gasteiger partial charge in [0.15, 0.2) is 5.75 Å². The summed E-state index contributed by atoms with van der Waals surface area (Å²) in [5.41, 5.74) is 2.79. The minimum atomic E-state index is -1.03. The van der Waals surface area contributed by atoms with Crippen molar-refractivity contribution in [1.82, 2.24) is 19.4 Å². The van der Waals surface area contributed by atoms with Gasteiger partial charge in [-0.1, -0.05) is 23.7 Å². The fourth-order valence-electron chi connectivity index (χ4n) is 4.97. The molecule has 1 aliphatic heterocycles. The van der Waals surface area contributed by atoms with Gasteiger partial charge in [0.05, 0.1) is 24.7 Å². The smallest absolute Gasteiger partial charge is 0.338 e. The first-order valence-electron chi connectivity index (χ1n) is 12.9. The van der Waals surface area contributed by atoms with Crippen LogP contribution in [0.4, 0.5) is 8.78 Å². The molecule has 1 saturated heterocycles. The van der Waals surface area contributed by atoms with Gasteiger partial charge in [-0.15, -0.1) is 0 Å². The molecule has 0 radical (unpaired) electrons. The maximum Gasteiger partial charge on any atom is 0.338 e. The van der Waals surface area contributed by atoms with E-state index in [4.69, 9.17) is 30.8 Å². The number of alkyl halides is 1. The fraction of sp³-hybridized carbons (Fsp3) is 0.345. The van der Waals surface area contributed by atoms with Gasteiger partial charge in [-0.25, -0.2) is 23.5 Å². The lowest BCUT2D eigenvalue weighted by molar-refractivity contribution is 0.0600. The number of esters is 1. The summed E-state index contributed by atoms with van der Waals surface area (Å²) >= 11 is 5.83. The minimum Gasteiger partial charge on any atom is -0.473 e. The van der Waals surface area contributed by atoms with E-state index in [0.717, 1.165) is 37.4 Å². The second kappa shape index (κ2) is 12.2. The Balaban J connectivity index is 1.23. The van der Waals surface area contributed by atoms with Gasteiger partial charge in [0, 0.05) is 35.3 Å². The molecule has 1 fully saturated rings. The average Bonchev–Trinajstić information content (AvgIpc) is 3.28. The monoisotopic (exact) mass is 570 g/mol. The third-order valence-corrected chi connectivity index (χ3v) is 7.42. The zero-order valence-corrected chi connectivity index (χ0v) is 23.0. The first-order valence-corrected chi connectivity index (χ1v) is 13.3. The molecule has 0 amide bonds. The number of carbonyl (C=O) groups excluding carboxylic acids is 1. The first kappa shape index (κ1) is 27.8. The van der Waals surface area contributed by atoms with E-state index in [9.17, 15) is 13.6 Å². The number of piperidine rings is 1. The number of methoxy groups -OCH3 is 1. The van der Waals surface area contributed by atoms with Gasteiger partial charge in [0.25, 0.3) is 0 Å². The standard InChI is InChI=1S/C29H29ClF2N4O4/c1-35-24-12-20(29(37)38-2)13-25(40-17-31)28(24)34-26(35)15-36-10-8-18(9-11-36)23-4-3-5-27(33-23)39-16-19-6-7-21(30)14-22(19)32/h3-7,12-14,18H,8-11,15-17H2,1-2H3. The van der Waals surface area contributed by atoms with E-state index < -0.39 is 18.6 Å². The Bertz CT molecular complexity index is 1520. The lowest BCUT2D eigenvalue weighted by Crippen LogP contribution is -2.33. The van der Waals surface area contributed by atoms with Crippen LogP contribution in [0.2, 0.25) is 5.02 Å². The number of halogens is 3. The number of benzene rings is 2. The van der Waals surface area contributed by atoms with Crippen LogP contribution < -0.4 is 9.47 Å². The number of likely N-dealkylation sites (tertiary alicyclic amines) is 1. The van der Waals surface area contributed by atoms with Crippen LogP contribution >= 0.6 is 11.6 Å². The van der Waals surface area contributed by atoms with Crippen molar-refractivity contribution in [3.63, 3.8) is 0 Å². The molecule has 210 valence electrons. The summed E-state index contributed by atoms with van der Waals surface area (Å²) in [4.78, 5) is 23.8. The van der Waals surface area contributed by atoms with Crippen molar-refractivity contribution in [3.8, 4) is 11.6 Å². The lowest BCUT2D eigenvalue weighted by Gasteiger charge is -2.31. The maximum absolute atomic E-state index is 14.1. The first-order chi connectivity index (χ1) is 19.4. The molecule has 0 bridgehead atoms. The molecule has 1 aliphatic rings. The Morgan fingerprint density at radius 3 is 2.62 bits per heavy atom. The molecule has 2 aromatic heterocycles. The van der Waals surface area contributed by atoms with Crippen molar-refractivity contribution in [3.05, 3.63) is 82.0 Å². The Morgan fingerprint density at radius 2 is 1.90 bits per heavy atom. The van der Waals surface area contributed by atoms with Gasteiger partial charge in [0.1, 0.15) is 23.8 Å². The second-order valence-corrected chi connectivity index (χ2v) is 10.1. The molecule has 11 heteroatoms. The Labute approximate surface area is 235 Å². The zero-order valence-electron chi connectivity index (χ0n) is 22.2. The topological polar surface area (TPSA) is 78.7 Å². The molecule has 5 rings (SSSR count). The highest BCUT2D eigenvalue weighted by Crippen LogP contribution is 2.31. The molecule has 40 heavy (non-hydrogen) atoms. The van der Waals surface area contributed by atoms with Gasteiger partial charge in [-0.05, 0) is 56.3 Å². The van der Waals surface area contributed by atoms with Crippen molar-refractivity contribution in [2.45, 2.75) is 31.9 Å². The normalized spacial score (nSPS) is 14.4. The number of nitrogens with zero attached hydrogens (tertiary/aromatic N) is 4. The van der Waals surface area contributed by atoms with Crippen molar-refractivity contribution in [2.24, 2.45) is 7.05 Å². The van der Waals surface area contributed by atoms with Crippen LogP contribution in [0.1, 0.15) is 46.2 Å². The quantitative estimate of drug-likeness (QED) is 0.235. The number of pyridine rings is 1. The molecule has 4 aromatic rings. The predicted octanol–water partition coefficient (Wildman–Crippen LogP) is 5.81. The van der Waals surface area contributed by atoms with E-state index in [2.05, 4.69) is 9.88 Å². The molecule has 2 aromatic carbocycles. The molecule has 0 saturated carbocycles. The van der Waals surface area contributed by atoms with E-state index in [1.807, 2.05) is 23.7 Å². The van der Waals surface area contributed by atoms with E-state index in [1.165, 1.54) is 19.2 Å². The molecule has 0 atom stereocenters. The molecule has 8 nitrogen and oxygen atoms in total. The molecule has 0 N–H and O–H groups in total. The van der Waals surface area contributed by atoms with Gasteiger partial charge in [-0.3, -0.25) is 4.90 Å². The lowest BCUT2D eigenvalue weighted by atomic mass is 9.93. The second-order valence-electron chi connectivity index (χ2n) is 9.65. The van der Waals surface area contributed by atoms with Crippen LogP contribution in [0.15, 0.2) is 48.5 Å². The van der Waals surface area contributed by atoms with Gasteiger partial charge >= 0.3 is 5.97 Å². The summed E-state index contributed by atoms with van der Waals surface area (Å²) in [6.07, 6.45) is 1.80. The molecule has 3 heterocycles. The summed E-state index contributed by atoms with van der Waals surface area (Å²) < 4.78 is 44.7. The third kappa shape index (κ3) is 6.03. The van der Waals surface area contributed by atoms with E-state index >= 15 is 0 Å². The van der Waals surface area contributed by atoms with E-state index in [-0.39, 0.29) is 23.8 Å². The Kier molecular flexibility index (Phi) is 8.46. The zero-order chi connectivity index (χ0) is 28.2. The number of aromatic nitrogens is 3.